The predicted octanol–water partition coefficient (Wildman–Crippen LogP) is 4.93. The third kappa shape index (κ3) is 5.50. The molecule has 7 heteroatoms. The zero-order valence-corrected chi connectivity index (χ0v) is 20.9. The second-order valence-corrected chi connectivity index (χ2v) is 9.48. The van der Waals surface area contributed by atoms with Crippen molar-refractivity contribution >= 4 is 17.3 Å². The van der Waals surface area contributed by atoms with Crippen LogP contribution < -0.4 is 4.90 Å². The van der Waals surface area contributed by atoms with Gasteiger partial charge in [-0.15, -0.1) is 0 Å². The van der Waals surface area contributed by atoms with E-state index in [0.29, 0.717) is 56.2 Å². The van der Waals surface area contributed by atoms with Crippen LogP contribution in [-0.2, 0) is 4.79 Å². The summed E-state index contributed by atoms with van der Waals surface area (Å²) in [6.45, 7) is 7.97. The molecule has 1 heterocycles. The summed E-state index contributed by atoms with van der Waals surface area (Å²) < 4.78 is 15.2. The van der Waals surface area contributed by atoms with Crippen molar-refractivity contribution in [3.05, 3.63) is 65.5 Å². The number of oxime groups is 1. The molecule has 1 aliphatic carbocycles. The number of rotatable bonds is 8. The normalized spacial score (nSPS) is 18.6. The van der Waals surface area contributed by atoms with E-state index in [0.717, 1.165) is 31.2 Å². The summed E-state index contributed by atoms with van der Waals surface area (Å²) in [7, 11) is 0. The highest BCUT2D eigenvalue weighted by Crippen LogP contribution is 2.31. The fraction of sp³-hybridized carbons (Fsp3) is 0.500. The van der Waals surface area contributed by atoms with Crippen molar-refractivity contribution in [2.45, 2.75) is 45.6 Å². The van der Waals surface area contributed by atoms with E-state index in [1.54, 1.807) is 6.07 Å². The quantitative estimate of drug-likeness (QED) is 0.331. The first-order chi connectivity index (χ1) is 17.1. The summed E-state index contributed by atoms with van der Waals surface area (Å²) in [5, 5.41) is 13.1. The number of amides is 1. The number of halogens is 1. The van der Waals surface area contributed by atoms with Gasteiger partial charge in [-0.05, 0) is 44.4 Å². The molecule has 6 nitrogen and oxygen atoms in total. The van der Waals surface area contributed by atoms with E-state index >= 15 is 4.39 Å². The summed E-state index contributed by atoms with van der Waals surface area (Å²) in [4.78, 5) is 19.6. The molecular weight excluding hydrogens is 443 g/mol. The maximum atomic E-state index is 15.2. The Kier molecular flexibility index (Phi) is 8.39. The zero-order chi connectivity index (χ0) is 24.8. The standard InChI is InChI=1S/C28H37FN4O2/c1-3-31(4-2)28(34)27(22-12-6-5-7-13-22)33-18-16-32(17-19-33)25-15-14-23(20-24(25)29)26(30-35)21-10-8-9-11-21/h5-7,12-15,20-21,27,35H,3-4,8-11,16-19H2,1-2H3/b30-26-. The van der Waals surface area contributed by atoms with E-state index in [1.165, 1.54) is 6.07 Å². The topological polar surface area (TPSA) is 59.4 Å². The average molecular weight is 481 g/mol. The number of carbonyl (C=O) groups is 1. The van der Waals surface area contributed by atoms with Crippen molar-refractivity contribution in [1.29, 1.82) is 0 Å². The van der Waals surface area contributed by atoms with Gasteiger partial charge in [0, 0.05) is 50.7 Å². The van der Waals surface area contributed by atoms with E-state index in [-0.39, 0.29) is 23.7 Å². The molecular formula is C28H37FN4O2. The second kappa shape index (κ2) is 11.7. The van der Waals surface area contributed by atoms with Crippen LogP contribution in [0.25, 0.3) is 0 Å². The largest absolute Gasteiger partial charge is 0.411 e. The summed E-state index contributed by atoms with van der Waals surface area (Å²) in [5.74, 6) is 0.0221. The number of nitrogens with zero attached hydrogens (tertiary/aromatic N) is 4. The van der Waals surface area contributed by atoms with Crippen LogP contribution in [0.15, 0.2) is 53.7 Å². The number of carbonyl (C=O) groups excluding carboxylic acids is 1. The van der Waals surface area contributed by atoms with Crippen molar-refractivity contribution in [2.75, 3.05) is 44.2 Å². The van der Waals surface area contributed by atoms with Gasteiger partial charge >= 0.3 is 0 Å². The summed E-state index contributed by atoms with van der Waals surface area (Å²) in [6, 6.07) is 14.8. The number of likely N-dealkylation sites (N-methyl/N-ethyl adjacent to an activating group) is 1. The highest BCUT2D eigenvalue weighted by atomic mass is 19.1. The van der Waals surface area contributed by atoms with Crippen LogP contribution in [-0.4, -0.2) is 65.9 Å². The Bertz CT molecular complexity index is 1010. The average Bonchev–Trinajstić information content (AvgIpc) is 3.41. The fourth-order valence-corrected chi connectivity index (χ4v) is 5.57. The third-order valence-electron chi connectivity index (χ3n) is 7.54. The van der Waals surface area contributed by atoms with Gasteiger partial charge in [0.15, 0.2) is 0 Å². The van der Waals surface area contributed by atoms with E-state index in [2.05, 4.69) is 10.1 Å². The van der Waals surface area contributed by atoms with Gasteiger partial charge < -0.3 is 15.0 Å². The van der Waals surface area contributed by atoms with Crippen LogP contribution in [0.1, 0.15) is 56.7 Å². The lowest BCUT2D eigenvalue weighted by Crippen LogP contribution is -2.52. The van der Waals surface area contributed by atoms with Gasteiger partial charge in [0.1, 0.15) is 11.9 Å². The Morgan fingerprint density at radius 2 is 1.71 bits per heavy atom. The first kappa shape index (κ1) is 25.2. The van der Waals surface area contributed by atoms with E-state index < -0.39 is 0 Å². The number of hydrogen-bond acceptors (Lipinski definition) is 5. The van der Waals surface area contributed by atoms with Crippen molar-refractivity contribution in [3.8, 4) is 0 Å². The molecule has 0 aromatic heterocycles. The Hall–Kier alpha value is -2.93. The molecule has 2 aromatic carbocycles. The van der Waals surface area contributed by atoms with Crippen LogP contribution in [0.3, 0.4) is 0 Å². The lowest BCUT2D eigenvalue weighted by Gasteiger charge is -2.41. The molecule has 188 valence electrons. The first-order valence-corrected chi connectivity index (χ1v) is 12.9. The maximum Gasteiger partial charge on any atom is 0.244 e. The van der Waals surface area contributed by atoms with Gasteiger partial charge in [-0.1, -0.05) is 54.4 Å². The smallest absolute Gasteiger partial charge is 0.244 e. The van der Waals surface area contributed by atoms with Gasteiger partial charge in [-0.3, -0.25) is 9.69 Å². The Balaban J connectivity index is 1.48. The van der Waals surface area contributed by atoms with Gasteiger partial charge in [0.25, 0.3) is 0 Å². The number of anilines is 1. The van der Waals surface area contributed by atoms with Gasteiger partial charge in [0.05, 0.1) is 11.4 Å². The fourth-order valence-electron chi connectivity index (χ4n) is 5.57. The number of hydrogen-bond donors (Lipinski definition) is 1. The van der Waals surface area contributed by atoms with Crippen LogP contribution in [0.4, 0.5) is 10.1 Å². The van der Waals surface area contributed by atoms with Gasteiger partial charge in [-0.2, -0.15) is 0 Å². The molecule has 2 aliphatic rings. The molecule has 2 fully saturated rings. The maximum absolute atomic E-state index is 15.2. The molecule has 1 N–H and O–H groups in total. The van der Waals surface area contributed by atoms with E-state index in [4.69, 9.17) is 0 Å². The molecule has 1 saturated heterocycles. The third-order valence-corrected chi connectivity index (χ3v) is 7.54. The lowest BCUT2D eigenvalue weighted by atomic mass is 9.95. The van der Waals surface area contributed by atoms with Gasteiger partial charge in [-0.25, -0.2) is 4.39 Å². The second-order valence-electron chi connectivity index (χ2n) is 9.48. The molecule has 0 radical (unpaired) electrons. The summed E-state index contributed by atoms with van der Waals surface area (Å²) in [5.41, 5.74) is 2.81. The Morgan fingerprint density at radius 3 is 2.29 bits per heavy atom. The molecule has 1 aliphatic heterocycles. The molecule has 35 heavy (non-hydrogen) atoms. The van der Waals surface area contributed by atoms with E-state index in [1.807, 2.05) is 60.0 Å². The molecule has 1 amide bonds. The van der Waals surface area contributed by atoms with Crippen molar-refractivity contribution in [3.63, 3.8) is 0 Å². The Labute approximate surface area is 208 Å². The van der Waals surface area contributed by atoms with E-state index in [9.17, 15) is 10.0 Å². The van der Waals surface area contributed by atoms with Crippen molar-refractivity contribution < 1.29 is 14.4 Å². The zero-order valence-electron chi connectivity index (χ0n) is 20.9. The van der Waals surface area contributed by atoms with Gasteiger partial charge in [0.2, 0.25) is 5.91 Å². The molecule has 0 bridgehead atoms. The minimum Gasteiger partial charge on any atom is -0.411 e. The SMILES string of the molecule is CCN(CC)C(=O)C(c1ccccc1)N1CCN(c2ccc(/C(=N\O)C3CCCC3)cc2F)CC1. The van der Waals surface area contributed by atoms with Crippen molar-refractivity contribution in [2.24, 2.45) is 11.1 Å². The molecule has 1 atom stereocenters. The first-order valence-electron chi connectivity index (χ1n) is 12.9. The lowest BCUT2D eigenvalue weighted by molar-refractivity contribution is -0.137. The number of benzene rings is 2. The highest BCUT2D eigenvalue weighted by molar-refractivity contribution is 6.02. The molecule has 2 aromatic rings. The predicted molar refractivity (Wildman–Crippen MR) is 138 cm³/mol. The number of piperazine rings is 1. The van der Waals surface area contributed by atoms with Crippen molar-refractivity contribution in [1.82, 2.24) is 9.80 Å². The minimum absolute atomic E-state index is 0.118. The summed E-state index contributed by atoms with van der Waals surface area (Å²) in [6.07, 6.45) is 4.21. The molecule has 1 unspecified atom stereocenters. The highest BCUT2D eigenvalue weighted by Gasteiger charge is 2.33. The molecule has 1 saturated carbocycles. The monoisotopic (exact) mass is 480 g/mol. The molecule has 4 rings (SSSR count). The van der Waals surface area contributed by atoms with Crippen LogP contribution >= 0.6 is 0 Å². The van der Waals surface area contributed by atoms with Crippen LogP contribution in [0.5, 0.6) is 0 Å². The minimum atomic E-state index is -0.333. The van der Waals surface area contributed by atoms with Crippen LogP contribution in [0, 0.1) is 11.7 Å². The van der Waals surface area contributed by atoms with Crippen LogP contribution in [0.2, 0.25) is 0 Å². The molecule has 0 spiro atoms. The Morgan fingerprint density at radius 1 is 1.06 bits per heavy atom. The summed E-state index contributed by atoms with van der Waals surface area (Å²) >= 11 is 0.